The molecule has 3 rings (SSSR count). The van der Waals surface area contributed by atoms with E-state index < -0.39 is 0 Å². The summed E-state index contributed by atoms with van der Waals surface area (Å²) in [6.07, 6.45) is 0. The molecule has 2 saturated heterocycles. The van der Waals surface area contributed by atoms with Crippen molar-refractivity contribution in [3.05, 3.63) is 28.8 Å². The van der Waals surface area contributed by atoms with Crippen molar-refractivity contribution in [3.8, 4) is 0 Å². The van der Waals surface area contributed by atoms with E-state index >= 15 is 0 Å². The van der Waals surface area contributed by atoms with Gasteiger partial charge in [0.05, 0.1) is 17.3 Å². The van der Waals surface area contributed by atoms with Crippen LogP contribution in [0.1, 0.15) is 5.56 Å². The van der Waals surface area contributed by atoms with Crippen LogP contribution in [0.25, 0.3) is 0 Å². The van der Waals surface area contributed by atoms with Crippen molar-refractivity contribution >= 4 is 23.2 Å². The zero-order chi connectivity index (χ0) is 14.1. The van der Waals surface area contributed by atoms with Crippen molar-refractivity contribution in [2.75, 3.05) is 38.0 Å². The van der Waals surface area contributed by atoms with Gasteiger partial charge in [0, 0.05) is 13.1 Å². The Balaban J connectivity index is 1.55. The van der Waals surface area contributed by atoms with E-state index in [0.717, 1.165) is 31.7 Å². The van der Waals surface area contributed by atoms with Gasteiger partial charge in [0.1, 0.15) is 0 Å². The first kappa shape index (κ1) is 13.9. The lowest BCUT2D eigenvalue weighted by Crippen LogP contribution is -2.33. The lowest BCUT2D eigenvalue weighted by atomic mass is 10.0. The number of carbonyl (C=O) groups excluding carboxylic acids is 1. The molecular formula is C15H20ClN3O. The van der Waals surface area contributed by atoms with E-state index in [1.807, 2.05) is 25.1 Å². The lowest BCUT2D eigenvalue weighted by Gasteiger charge is -2.16. The monoisotopic (exact) mass is 293 g/mol. The fourth-order valence-corrected chi connectivity index (χ4v) is 3.48. The Labute approximate surface area is 124 Å². The first-order valence-electron chi connectivity index (χ1n) is 7.11. The summed E-state index contributed by atoms with van der Waals surface area (Å²) in [4.78, 5) is 14.3. The third-order valence-electron chi connectivity index (χ3n) is 4.23. The van der Waals surface area contributed by atoms with Crippen LogP contribution in [-0.4, -0.2) is 43.5 Å². The number of nitrogens with zero attached hydrogens (tertiary/aromatic N) is 1. The largest absolute Gasteiger partial charge is 0.324 e. The Bertz CT molecular complexity index is 508. The van der Waals surface area contributed by atoms with Crippen molar-refractivity contribution in [2.24, 2.45) is 11.8 Å². The summed E-state index contributed by atoms with van der Waals surface area (Å²) < 4.78 is 0. The van der Waals surface area contributed by atoms with Gasteiger partial charge in [-0.1, -0.05) is 17.7 Å². The highest BCUT2D eigenvalue weighted by Crippen LogP contribution is 2.26. The van der Waals surface area contributed by atoms with Crippen LogP contribution >= 0.6 is 11.6 Å². The predicted octanol–water partition coefficient (Wildman–Crippen LogP) is 1.74. The Morgan fingerprint density at radius 3 is 2.75 bits per heavy atom. The highest BCUT2D eigenvalue weighted by Gasteiger charge is 2.36. The maximum Gasteiger partial charge on any atom is 0.238 e. The normalized spacial score (nSPS) is 25.7. The molecule has 5 heteroatoms. The maximum atomic E-state index is 12.1. The minimum absolute atomic E-state index is 0.0173. The lowest BCUT2D eigenvalue weighted by molar-refractivity contribution is -0.117. The summed E-state index contributed by atoms with van der Waals surface area (Å²) in [5.74, 6) is 1.44. The molecule has 2 fully saturated rings. The first-order chi connectivity index (χ1) is 9.61. The minimum atomic E-state index is 0.0173. The molecule has 0 aliphatic carbocycles. The summed E-state index contributed by atoms with van der Waals surface area (Å²) in [6.45, 7) is 6.66. The molecule has 0 radical (unpaired) electrons. The van der Waals surface area contributed by atoms with Crippen LogP contribution in [0.3, 0.4) is 0 Å². The fourth-order valence-electron chi connectivity index (χ4n) is 3.20. The van der Waals surface area contributed by atoms with Gasteiger partial charge in [-0.05, 0) is 49.5 Å². The maximum absolute atomic E-state index is 12.1. The van der Waals surface area contributed by atoms with Crippen molar-refractivity contribution in [1.82, 2.24) is 10.2 Å². The molecule has 2 unspecified atom stereocenters. The van der Waals surface area contributed by atoms with Gasteiger partial charge in [-0.3, -0.25) is 9.69 Å². The minimum Gasteiger partial charge on any atom is -0.324 e. The van der Waals surface area contributed by atoms with E-state index in [1.54, 1.807) is 0 Å². The van der Waals surface area contributed by atoms with E-state index in [-0.39, 0.29) is 5.91 Å². The Hall–Kier alpha value is -1.10. The molecule has 2 aliphatic heterocycles. The van der Waals surface area contributed by atoms with E-state index in [9.17, 15) is 4.79 Å². The second-order valence-corrected chi connectivity index (χ2v) is 6.31. The van der Waals surface area contributed by atoms with Crippen molar-refractivity contribution < 1.29 is 4.79 Å². The average molecular weight is 294 g/mol. The number of fused-ring (bicyclic) bond motifs is 1. The van der Waals surface area contributed by atoms with Gasteiger partial charge >= 0.3 is 0 Å². The second kappa shape index (κ2) is 5.72. The summed E-state index contributed by atoms with van der Waals surface area (Å²) in [5, 5.41) is 6.91. The Kier molecular flexibility index (Phi) is 3.96. The van der Waals surface area contributed by atoms with Gasteiger partial charge in [0.15, 0.2) is 0 Å². The zero-order valence-electron chi connectivity index (χ0n) is 11.7. The molecule has 20 heavy (non-hydrogen) atoms. The van der Waals surface area contributed by atoms with Gasteiger partial charge in [-0.25, -0.2) is 0 Å². The Morgan fingerprint density at radius 2 is 2.10 bits per heavy atom. The van der Waals surface area contributed by atoms with Gasteiger partial charge in [-0.15, -0.1) is 0 Å². The van der Waals surface area contributed by atoms with Gasteiger partial charge in [0.25, 0.3) is 0 Å². The van der Waals surface area contributed by atoms with Crippen LogP contribution in [0, 0.1) is 18.8 Å². The molecular weight excluding hydrogens is 274 g/mol. The van der Waals surface area contributed by atoms with Crippen LogP contribution in [-0.2, 0) is 4.79 Å². The number of aryl methyl sites for hydroxylation is 1. The van der Waals surface area contributed by atoms with Crippen molar-refractivity contribution in [2.45, 2.75) is 6.92 Å². The van der Waals surface area contributed by atoms with Crippen LogP contribution in [0.15, 0.2) is 18.2 Å². The molecule has 1 amide bonds. The quantitative estimate of drug-likeness (QED) is 0.892. The third-order valence-corrected chi connectivity index (χ3v) is 4.54. The number of hydrogen-bond acceptors (Lipinski definition) is 3. The summed E-state index contributed by atoms with van der Waals surface area (Å²) >= 11 is 6.13. The number of benzene rings is 1. The Morgan fingerprint density at radius 1 is 1.40 bits per heavy atom. The number of hydrogen-bond donors (Lipinski definition) is 2. The topological polar surface area (TPSA) is 44.4 Å². The molecule has 1 aromatic carbocycles. The fraction of sp³-hybridized carbons (Fsp3) is 0.533. The molecule has 0 bridgehead atoms. The highest BCUT2D eigenvalue weighted by molar-refractivity contribution is 6.33. The van der Waals surface area contributed by atoms with Gasteiger partial charge in [-0.2, -0.15) is 0 Å². The van der Waals surface area contributed by atoms with Crippen LogP contribution < -0.4 is 10.6 Å². The molecule has 108 valence electrons. The second-order valence-electron chi connectivity index (χ2n) is 5.90. The number of rotatable bonds is 3. The molecule has 2 atom stereocenters. The smallest absolute Gasteiger partial charge is 0.238 e. The van der Waals surface area contributed by atoms with Crippen LogP contribution in [0.4, 0.5) is 5.69 Å². The predicted molar refractivity (Wildman–Crippen MR) is 81.1 cm³/mol. The number of carbonyl (C=O) groups is 1. The first-order valence-corrected chi connectivity index (χ1v) is 7.48. The molecule has 0 aromatic heterocycles. The number of nitrogens with one attached hydrogen (secondary N) is 2. The van der Waals surface area contributed by atoms with Crippen LogP contribution in [0.2, 0.25) is 5.02 Å². The summed E-state index contributed by atoms with van der Waals surface area (Å²) in [6, 6.07) is 5.68. The van der Waals surface area contributed by atoms with Crippen molar-refractivity contribution in [3.63, 3.8) is 0 Å². The number of likely N-dealkylation sites (tertiary alicyclic amines) is 1. The number of amides is 1. The molecule has 2 aliphatic rings. The highest BCUT2D eigenvalue weighted by atomic mass is 35.5. The SMILES string of the molecule is Cc1ccc(NC(=O)CN2CC3CNCC3C2)c(Cl)c1. The zero-order valence-corrected chi connectivity index (χ0v) is 12.4. The summed E-state index contributed by atoms with van der Waals surface area (Å²) in [7, 11) is 0. The summed E-state index contributed by atoms with van der Waals surface area (Å²) in [5.41, 5.74) is 1.79. The molecule has 0 spiro atoms. The van der Waals surface area contributed by atoms with E-state index in [2.05, 4.69) is 15.5 Å². The molecule has 1 aromatic rings. The van der Waals surface area contributed by atoms with Gasteiger partial charge < -0.3 is 10.6 Å². The van der Waals surface area contributed by atoms with E-state index in [4.69, 9.17) is 11.6 Å². The molecule has 2 heterocycles. The van der Waals surface area contributed by atoms with Gasteiger partial charge in [0.2, 0.25) is 5.91 Å². The van der Waals surface area contributed by atoms with Crippen LogP contribution in [0.5, 0.6) is 0 Å². The standard InChI is InChI=1S/C15H20ClN3O/c1-10-2-3-14(13(16)4-10)18-15(20)9-19-7-11-5-17-6-12(11)8-19/h2-4,11-12,17H,5-9H2,1H3,(H,18,20). The number of halogens is 1. The third kappa shape index (κ3) is 2.97. The van der Waals surface area contributed by atoms with Crippen molar-refractivity contribution in [1.29, 1.82) is 0 Å². The molecule has 2 N–H and O–H groups in total. The molecule has 0 saturated carbocycles. The average Bonchev–Trinajstić information content (AvgIpc) is 2.93. The number of anilines is 1. The van der Waals surface area contributed by atoms with E-state index in [1.165, 1.54) is 0 Å². The molecule has 4 nitrogen and oxygen atoms in total. The van der Waals surface area contributed by atoms with E-state index in [0.29, 0.717) is 29.1 Å².